The molecule has 0 aliphatic carbocycles. The molecule has 15 heavy (non-hydrogen) atoms. The first-order chi connectivity index (χ1) is 6.78. The first-order valence-electron chi connectivity index (χ1n) is 5.42. The fraction of sp³-hybridized carbons (Fsp3) is 0.750. The summed E-state index contributed by atoms with van der Waals surface area (Å²) >= 11 is 0. The normalized spacial score (nSPS) is 13.4. The van der Waals surface area contributed by atoms with Gasteiger partial charge in [0.2, 0.25) is 0 Å². The summed E-state index contributed by atoms with van der Waals surface area (Å²) in [5.41, 5.74) is 0.417. The Morgan fingerprint density at radius 3 is 2.47 bits per heavy atom. The zero-order valence-corrected chi connectivity index (χ0v) is 10.5. The predicted octanol–water partition coefficient (Wildman–Crippen LogP) is 2.62. The van der Waals surface area contributed by atoms with Gasteiger partial charge in [-0.25, -0.2) is 4.79 Å². The Morgan fingerprint density at radius 2 is 2.07 bits per heavy atom. The highest BCUT2D eigenvalue weighted by atomic mass is 16.6. The quantitative estimate of drug-likeness (QED) is 0.419. The zero-order valence-electron chi connectivity index (χ0n) is 10.5. The van der Waals surface area contributed by atoms with Gasteiger partial charge in [0.15, 0.2) is 6.23 Å². The smallest absolute Gasteiger partial charge is 0.334 e. The van der Waals surface area contributed by atoms with Crippen LogP contribution in [-0.2, 0) is 9.53 Å². The summed E-state index contributed by atoms with van der Waals surface area (Å²) in [6, 6.07) is 0. The Morgan fingerprint density at radius 1 is 1.53 bits per heavy atom. The van der Waals surface area contributed by atoms with E-state index >= 15 is 0 Å². The minimum atomic E-state index is -0.345. The summed E-state index contributed by atoms with van der Waals surface area (Å²) < 4.78 is 5.14. The lowest BCUT2D eigenvalue weighted by Crippen LogP contribution is -2.46. The Labute approximate surface area is 92.9 Å². The molecule has 88 valence electrons. The molecular formula is C12H23NO2. The molecular weight excluding hydrogens is 190 g/mol. The van der Waals surface area contributed by atoms with Crippen molar-refractivity contribution in [3.05, 3.63) is 12.2 Å². The van der Waals surface area contributed by atoms with Crippen molar-refractivity contribution in [2.75, 3.05) is 0 Å². The fourth-order valence-corrected chi connectivity index (χ4v) is 1.54. The van der Waals surface area contributed by atoms with E-state index in [2.05, 4.69) is 32.7 Å². The van der Waals surface area contributed by atoms with Crippen LogP contribution in [0.25, 0.3) is 0 Å². The zero-order chi connectivity index (χ0) is 12.1. The average molecular weight is 213 g/mol. The molecule has 0 fully saturated rings. The Bertz CT molecular complexity index is 234. The second-order valence-corrected chi connectivity index (χ2v) is 4.61. The number of hydrogen-bond acceptors (Lipinski definition) is 3. The van der Waals surface area contributed by atoms with Crippen molar-refractivity contribution >= 4 is 5.97 Å². The number of rotatable bonds is 6. The van der Waals surface area contributed by atoms with Crippen LogP contribution in [-0.4, -0.2) is 17.7 Å². The molecule has 0 saturated heterocycles. The third-order valence-corrected chi connectivity index (χ3v) is 2.10. The second kappa shape index (κ2) is 5.91. The number of ether oxygens (including phenoxy) is 1. The molecule has 0 aliphatic heterocycles. The minimum Gasteiger partial charge on any atom is -0.444 e. The number of nitrogens with one attached hydrogen (secondary N) is 1. The van der Waals surface area contributed by atoms with E-state index in [9.17, 15) is 4.79 Å². The molecule has 0 aromatic carbocycles. The van der Waals surface area contributed by atoms with Crippen molar-refractivity contribution in [3.63, 3.8) is 0 Å². The molecule has 0 bridgehead atoms. The van der Waals surface area contributed by atoms with Gasteiger partial charge in [0.25, 0.3) is 0 Å². The largest absolute Gasteiger partial charge is 0.444 e. The number of carbonyl (C=O) groups excluding carboxylic acids is 1. The number of carbonyl (C=O) groups is 1. The number of hydrogen-bond donors (Lipinski definition) is 1. The number of esters is 1. The molecule has 0 radical (unpaired) electrons. The van der Waals surface area contributed by atoms with E-state index in [-0.39, 0.29) is 17.7 Å². The molecule has 0 saturated carbocycles. The van der Waals surface area contributed by atoms with Gasteiger partial charge < -0.3 is 4.74 Å². The first-order valence-corrected chi connectivity index (χ1v) is 5.42. The van der Waals surface area contributed by atoms with Crippen molar-refractivity contribution in [2.24, 2.45) is 0 Å². The van der Waals surface area contributed by atoms with Gasteiger partial charge >= 0.3 is 5.97 Å². The maximum atomic E-state index is 11.2. The molecule has 0 aromatic rings. The van der Waals surface area contributed by atoms with Crippen LogP contribution in [0.2, 0.25) is 0 Å². The summed E-state index contributed by atoms with van der Waals surface area (Å²) in [5, 5.41) is 3.26. The molecule has 0 rings (SSSR count). The molecule has 0 spiro atoms. The van der Waals surface area contributed by atoms with Crippen molar-refractivity contribution in [1.82, 2.24) is 5.32 Å². The van der Waals surface area contributed by atoms with Gasteiger partial charge in [-0.2, -0.15) is 0 Å². The fourth-order valence-electron chi connectivity index (χ4n) is 1.54. The van der Waals surface area contributed by atoms with Crippen molar-refractivity contribution in [1.29, 1.82) is 0 Å². The molecule has 0 heterocycles. The topological polar surface area (TPSA) is 38.3 Å². The van der Waals surface area contributed by atoms with Crippen LogP contribution >= 0.6 is 0 Å². The Balaban J connectivity index is 4.08. The van der Waals surface area contributed by atoms with Crippen molar-refractivity contribution < 1.29 is 9.53 Å². The maximum absolute atomic E-state index is 11.2. The van der Waals surface area contributed by atoms with Gasteiger partial charge in [-0.1, -0.05) is 19.9 Å². The van der Waals surface area contributed by atoms with Gasteiger partial charge in [-0.05, 0) is 34.1 Å². The van der Waals surface area contributed by atoms with E-state index in [1.165, 1.54) is 0 Å². The Hall–Kier alpha value is -0.830. The van der Waals surface area contributed by atoms with Gasteiger partial charge in [0.1, 0.15) is 0 Å². The molecule has 3 heteroatoms. The molecule has 3 nitrogen and oxygen atoms in total. The van der Waals surface area contributed by atoms with Gasteiger partial charge in [0.05, 0.1) is 0 Å². The third kappa shape index (κ3) is 6.28. The van der Waals surface area contributed by atoms with Gasteiger partial charge in [-0.3, -0.25) is 5.32 Å². The summed E-state index contributed by atoms with van der Waals surface area (Å²) in [6.07, 6.45) is 1.86. The lowest BCUT2D eigenvalue weighted by Gasteiger charge is -2.29. The van der Waals surface area contributed by atoms with Crippen molar-refractivity contribution in [3.8, 4) is 0 Å². The molecule has 1 unspecified atom stereocenters. The molecule has 1 atom stereocenters. The SMILES string of the molecule is C=C(C)C(=O)OC(C)NC(C)(C)CCC. The van der Waals surface area contributed by atoms with Crippen LogP contribution < -0.4 is 5.32 Å². The standard InChI is InChI=1S/C12H23NO2/c1-7-8-12(5,6)13-10(4)15-11(14)9(2)3/h10,13H,2,7-8H2,1,3-6H3. The summed E-state index contributed by atoms with van der Waals surface area (Å²) in [4.78, 5) is 11.2. The minimum absolute atomic E-state index is 0.0104. The highest BCUT2D eigenvalue weighted by Gasteiger charge is 2.20. The van der Waals surface area contributed by atoms with Crippen molar-refractivity contribution in [2.45, 2.75) is 59.2 Å². The average Bonchev–Trinajstić information content (AvgIpc) is 2.01. The molecule has 0 amide bonds. The maximum Gasteiger partial charge on any atom is 0.334 e. The van der Waals surface area contributed by atoms with E-state index in [1.54, 1.807) is 6.92 Å². The summed E-state index contributed by atoms with van der Waals surface area (Å²) in [6.45, 7) is 13.3. The van der Waals surface area contributed by atoms with Crippen LogP contribution in [0, 0.1) is 0 Å². The first kappa shape index (κ1) is 14.2. The van der Waals surface area contributed by atoms with Crippen LogP contribution in [0.3, 0.4) is 0 Å². The van der Waals surface area contributed by atoms with Crippen LogP contribution in [0.5, 0.6) is 0 Å². The lowest BCUT2D eigenvalue weighted by molar-refractivity contribution is -0.145. The summed E-state index contributed by atoms with van der Waals surface area (Å²) in [5.74, 6) is -0.345. The second-order valence-electron chi connectivity index (χ2n) is 4.61. The van der Waals surface area contributed by atoms with Gasteiger partial charge in [0, 0.05) is 11.1 Å². The third-order valence-electron chi connectivity index (χ3n) is 2.10. The molecule has 0 aliphatic rings. The molecule has 0 aromatic heterocycles. The lowest BCUT2D eigenvalue weighted by atomic mass is 9.99. The van der Waals surface area contributed by atoms with Crippen LogP contribution in [0.4, 0.5) is 0 Å². The monoisotopic (exact) mass is 213 g/mol. The van der Waals surface area contributed by atoms with E-state index in [0.717, 1.165) is 12.8 Å². The Kier molecular flexibility index (Phi) is 5.58. The van der Waals surface area contributed by atoms with E-state index in [0.29, 0.717) is 5.57 Å². The van der Waals surface area contributed by atoms with Crippen LogP contribution in [0.1, 0.15) is 47.5 Å². The summed E-state index contributed by atoms with van der Waals surface area (Å²) in [7, 11) is 0. The van der Waals surface area contributed by atoms with Crippen LogP contribution in [0.15, 0.2) is 12.2 Å². The predicted molar refractivity (Wildman–Crippen MR) is 62.5 cm³/mol. The highest BCUT2D eigenvalue weighted by molar-refractivity contribution is 5.87. The highest BCUT2D eigenvalue weighted by Crippen LogP contribution is 2.12. The molecule has 1 N–H and O–H groups in total. The van der Waals surface area contributed by atoms with Gasteiger partial charge in [-0.15, -0.1) is 0 Å². The van der Waals surface area contributed by atoms with E-state index < -0.39 is 0 Å². The van der Waals surface area contributed by atoms with E-state index in [1.807, 2.05) is 6.92 Å². The van der Waals surface area contributed by atoms with E-state index in [4.69, 9.17) is 4.74 Å².